The van der Waals surface area contributed by atoms with Crippen LogP contribution in [0.25, 0.3) is 0 Å². The first kappa shape index (κ1) is 22.7. The van der Waals surface area contributed by atoms with Gasteiger partial charge in [0.1, 0.15) is 6.04 Å². The SMILES string of the molecule is CCCCNC(=O)[C@H](C)N(Cc1cccc(C)c1)C(=O)Cc1cc(C)cc(C)c1. The van der Waals surface area contributed by atoms with Gasteiger partial charge in [-0.2, -0.15) is 0 Å². The highest BCUT2D eigenvalue weighted by molar-refractivity contribution is 5.88. The number of amides is 2. The van der Waals surface area contributed by atoms with Crippen molar-refractivity contribution < 1.29 is 9.59 Å². The van der Waals surface area contributed by atoms with Gasteiger partial charge in [0.15, 0.2) is 0 Å². The fourth-order valence-electron chi connectivity index (χ4n) is 3.57. The quantitative estimate of drug-likeness (QED) is 0.637. The van der Waals surface area contributed by atoms with E-state index in [1.165, 1.54) is 0 Å². The Bertz CT molecular complexity index is 824. The second-order valence-corrected chi connectivity index (χ2v) is 8.00. The highest BCUT2D eigenvalue weighted by Crippen LogP contribution is 2.15. The summed E-state index contributed by atoms with van der Waals surface area (Å²) in [6, 6.07) is 13.8. The van der Waals surface area contributed by atoms with Crippen LogP contribution in [-0.4, -0.2) is 29.3 Å². The molecule has 0 saturated heterocycles. The topological polar surface area (TPSA) is 49.4 Å². The van der Waals surface area contributed by atoms with Crippen molar-refractivity contribution in [1.82, 2.24) is 10.2 Å². The predicted molar refractivity (Wildman–Crippen MR) is 119 cm³/mol. The molecule has 0 aliphatic rings. The fourth-order valence-corrected chi connectivity index (χ4v) is 3.57. The highest BCUT2D eigenvalue weighted by atomic mass is 16.2. The Morgan fingerprint density at radius 3 is 2.24 bits per heavy atom. The minimum atomic E-state index is -0.522. The number of benzene rings is 2. The van der Waals surface area contributed by atoms with Gasteiger partial charge < -0.3 is 10.2 Å². The zero-order valence-corrected chi connectivity index (χ0v) is 18.4. The second-order valence-electron chi connectivity index (χ2n) is 8.00. The Labute approximate surface area is 175 Å². The van der Waals surface area contributed by atoms with Crippen LogP contribution in [-0.2, 0) is 22.6 Å². The number of hydrogen-bond acceptors (Lipinski definition) is 2. The van der Waals surface area contributed by atoms with E-state index in [1.807, 2.05) is 58.0 Å². The molecule has 4 nitrogen and oxygen atoms in total. The molecule has 2 aromatic rings. The summed E-state index contributed by atoms with van der Waals surface area (Å²) >= 11 is 0. The molecule has 1 atom stereocenters. The summed E-state index contributed by atoms with van der Waals surface area (Å²) < 4.78 is 0. The molecule has 29 heavy (non-hydrogen) atoms. The number of carbonyl (C=O) groups excluding carboxylic acids is 2. The Morgan fingerprint density at radius 2 is 1.62 bits per heavy atom. The first-order valence-electron chi connectivity index (χ1n) is 10.5. The summed E-state index contributed by atoms with van der Waals surface area (Å²) in [5, 5.41) is 2.97. The summed E-state index contributed by atoms with van der Waals surface area (Å²) in [6.07, 6.45) is 2.25. The number of aryl methyl sites for hydroxylation is 3. The zero-order valence-electron chi connectivity index (χ0n) is 18.4. The molecule has 156 valence electrons. The zero-order chi connectivity index (χ0) is 21.4. The van der Waals surface area contributed by atoms with Gasteiger partial charge in [-0.3, -0.25) is 9.59 Å². The Morgan fingerprint density at radius 1 is 0.966 bits per heavy atom. The van der Waals surface area contributed by atoms with E-state index >= 15 is 0 Å². The van der Waals surface area contributed by atoms with E-state index in [0.717, 1.165) is 40.7 Å². The average molecular weight is 395 g/mol. The Kier molecular flexibility index (Phi) is 8.44. The summed E-state index contributed by atoms with van der Waals surface area (Å²) in [5.41, 5.74) is 5.45. The maximum atomic E-state index is 13.2. The standard InChI is InChI=1S/C25H34N2O2/c1-6-7-11-26-25(29)21(5)27(17-22-10-8-9-18(2)13-22)24(28)16-23-14-19(3)12-20(4)15-23/h8-10,12-15,21H,6-7,11,16-17H2,1-5H3,(H,26,29)/t21-/m0/s1. The van der Waals surface area contributed by atoms with Crippen LogP contribution >= 0.6 is 0 Å². The number of carbonyl (C=O) groups is 2. The normalized spacial score (nSPS) is 11.8. The van der Waals surface area contributed by atoms with Crippen LogP contribution in [0, 0.1) is 20.8 Å². The van der Waals surface area contributed by atoms with Crippen LogP contribution in [0.4, 0.5) is 0 Å². The van der Waals surface area contributed by atoms with Crippen molar-refractivity contribution in [1.29, 1.82) is 0 Å². The summed E-state index contributed by atoms with van der Waals surface area (Å²) in [7, 11) is 0. The van der Waals surface area contributed by atoms with E-state index in [9.17, 15) is 9.59 Å². The van der Waals surface area contributed by atoms with Gasteiger partial charge in [0.2, 0.25) is 11.8 Å². The number of unbranched alkanes of at least 4 members (excludes halogenated alkanes) is 1. The molecular formula is C25H34N2O2. The second kappa shape index (κ2) is 10.8. The molecule has 1 N–H and O–H groups in total. The van der Waals surface area contributed by atoms with Crippen molar-refractivity contribution in [2.75, 3.05) is 6.54 Å². The number of rotatable bonds is 9. The minimum absolute atomic E-state index is 0.0327. The van der Waals surface area contributed by atoms with E-state index in [-0.39, 0.29) is 11.8 Å². The summed E-state index contributed by atoms with van der Waals surface area (Å²) in [6.45, 7) is 11.1. The van der Waals surface area contributed by atoms with Gasteiger partial charge in [-0.05, 0) is 45.2 Å². The molecule has 0 saturated carbocycles. The van der Waals surface area contributed by atoms with Crippen LogP contribution in [0.1, 0.15) is 54.5 Å². The lowest BCUT2D eigenvalue weighted by Gasteiger charge is -2.29. The largest absolute Gasteiger partial charge is 0.354 e. The Hall–Kier alpha value is -2.62. The third-order valence-corrected chi connectivity index (χ3v) is 5.07. The summed E-state index contributed by atoms with van der Waals surface area (Å²) in [4.78, 5) is 27.6. The lowest BCUT2D eigenvalue weighted by atomic mass is 10.0. The van der Waals surface area contributed by atoms with Gasteiger partial charge in [-0.1, -0.05) is 72.5 Å². The third-order valence-electron chi connectivity index (χ3n) is 5.07. The van der Waals surface area contributed by atoms with Crippen molar-refractivity contribution in [3.63, 3.8) is 0 Å². The van der Waals surface area contributed by atoms with Crippen LogP contribution in [0.15, 0.2) is 42.5 Å². The monoisotopic (exact) mass is 394 g/mol. The lowest BCUT2D eigenvalue weighted by molar-refractivity contribution is -0.140. The average Bonchev–Trinajstić information content (AvgIpc) is 2.64. The molecule has 0 fully saturated rings. The number of nitrogens with one attached hydrogen (secondary N) is 1. The molecular weight excluding hydrogens is 360 g/mol. The van der Waals surface area contributed by atoms with Crippen LogP contribution in [0.3, 0.4) is 0 Å². The van der Waals surface area contributed by atoms with Crippen molar-refractivity contribution >= 4 is 11.8 Å². The third kappa shape index (κ3) is 7.04. The van der Waals surface area contributed by atoms with Gasteiger partial charge in [0.25, 0.3) is 0 Å². The highest BCUT2D eigenvalue weighted by Gasteiger charge is 2.26. The maximum Gasteiger partial charge on any atom is 0.242 e. The van der Waals surface area contributed by atoms with Crippen molar-refractivity contribution in [3.05, 3.63) is 70.3 Å². The van der Waals surface area contributed by atoms with Gasteiger partial charge in [-0.25, -0.2) is 0 Å². The molecule has 2 amide bonds. The molecule has 0 bridgehead atoms. The fraction of sp³-hybridized carbons (Fsp3) is 0.440. The van der Waals surface area contributed by atoms with E-state index in [2.05, 4.69) is 24.4 Å². The summed E-state index contributed by atoms with van der Waals surface area (Å²) in [5.74, 6) is -0.130. The molecule has 0 aliphatic carbocycles. The van der Waals surface area contributed by atoms with Gasteiger partial charge in [-0.15, -0.1) is 0 Å². The molecule has 2 rings (SSSR count). The first-order chi connectivity index (χ1) is 13.8. The molecule has 0 aliphatic heterocycles. The number of nitrogens with zero attached hydrogens (tertiary/aromatic N) is 1. The van der Waals surface area contributed by atoms with E-state index < -0.39 is 6.04 Å². The molecule has 0 radical (unpaired) electrons. The van der Waals surface area contributed by atoms with E-state index in [0.29, 0.717) is 19.5 Å². The Balaban J connectivity index is 2.22. The lowest BCUT2D eigenvalue weighted by Crippen LogP contribution is -2.48. The first-order valence-corrected chi connectivity index (χ1v) is 10.5. The molecule has 2 aromatic carbocycles. The van der Waals surface area contributed by atoms with Crippen molar-refractivity contribution in [3.8, 4) is 0 Å². The molecule has 0 heterocycles. The predicted octanol–water partition coefficient (Wildman–Crippen LogP) is 4.49. The molecule has 0 spiro atoms. The van der Waals surface area contributed by atoms with Crippen LogP contribution in [0.2, 0.25) is 0 Å². The van der Waals surface area contributed by atoms with E-state index in [4.69, 9.17) is 0 Å². The van der Waals surface area contributed by atoms with Crippen LogP contribution in [0.5, 0.6) is 0 Å². The van der Waals surface area contributed by atoms with Gasteiger partial charge in [0.05, 0.1) is 6.42 Å². The van der Waals surface area contributed by atoms with Crippen LogP contribution < -0.4 is 5.32 Å². The van der Waals surface area contributed by atoms with Crippen molar-refractivity contribution in [2.45, 2.75) is 66.5 Å². The van der Waals surface area contributed by atoms with E-state index in [1.54, 1.807) is 4.90 Å². The molecule has 0 unspecified atom stereocenters. The smallest absolute Gasteiger partial charge is 0.242 e. The molecule has 4 heteroatoms. The minimum Gasteiger partial charge on any atom is -0.354 e. The van der Waals surface area contributed by atoms with Gasteiger partial charge >= 0.3 is 0 Å². The van der Waals surface area contributed by atoms with Gasteiger partial charge in [0, 0.05) is 13.1 Å². The van der Waals surface area contributed by atoms with Crippen molar-refractivity contribution in [2.24, 2.45) is 0 Å². The number of hydrogen-bond donors (Lipinski definition) is 1. The maximum absolute atomic E-state index is 13.2. The molecule has 0 aromatic heterocycles.